The van der Waals surface area contributed by atoms with Crippen LogP contribution in [0.2, 0.25) is 0 Å². The highest BCUT2D eigenvalue weighted by molar-refractivity contribution is 5.68. The highest BCUT2D eigenvalue weighted by Crippen LogP contribution is 2.37. The molecule has 6 nitrogen and oxygen atoms in total. The van der Waals surface area contributed by atoms with Gasteiger partial charge in [-0.05, 0) is 40.8 Å². The van der Waals surface area contributed by atoms with Gasteiger partial charge in [-0.1, -0.05) is 48.5 Å². The Balaban J connectivity index is 1.63. The van der Waals surface area contributed by atoms with E-state index in [1.165, 1.54) is 6.07 Å². The number of fused-ring (bicyclic) bond motifs is 1. The van der Waals surface area contributed by atoms with Crippen LogP contribution in [-0.4, -0.2) is 56.6 Å². The maximum Gasteiger partial charge on any atom is 0.121 e. The van der Waals surface area contributed by atoms with Crippen molar-refractivity contribution >= 4 is 0 Å². The van der Waals surface area contributed by atoms with E-state index in [2.05, 4.69) is 24.3 Å². The molecule has 3 aliphatic rings. The molecule has 29 heavy (non-hydrogen) atoms. The monoisotopic (exact) mass is 396 g/mol. The standard InChI is InChI=1S/C23H24O6/c24-12-19-20(26)21(27)22(28)23(29-19)17-11-13(6-7-18(17)25)8-14-9-15-4-2-1-3-5-16(15)10-14/h1-7,9-11,19-28H,8,12H2/t19-,20-,21?,22-,23+/m1/s1. The van der Waals surface area contributed by atoms with Gasteiger partial charge in [0, 0.05) is 5.56 Å². The number of phenolic OH excluding ortho intramolecular Hbond substituents is 1. The molecule has 5 N–H and O–H groups in total. The van der Waals surface area contributed by atoms with E-state index in [0.29, 0.717) is 12.0 Å². The van der Waals surface area contributed by atoms with Crippen molar-refractivity contribution in [1.29, 1.82) is 0 Å². The zero-order valence-electron chi connectivity index (χ0n) is 15.7. The van der Waals surface area contributed by atoms with Crippen LogP contribution < -0.4 is 0 Å². The predicted octanol–water partition coefficient (Wildman–Crippen LogP) is 1.60. The minimum Gasteiger partial charge on any atom is -0.508 e. The number of benzene rings is 1. The molecule has 0 saturated carbocycles. The normalized spacial score (nSPS) is 27.2. The first kappa shape index (κ1) is 19.8. The molecule has 1 aromatic carbocycles. The molecule has 1 heterocycles. The fourth-order valence-corrected chi connectivity index (χ4v) is 3.92. The molecule has 0 amide bonds. The van der Waals surface area contributed by atoms with Crippen LogP contribution in [0.3, 0.4) is 0 Å². The van der Waals surface area contributed by atoms with E-state index in [4.69, 9.17) is 4.74 Å². The van der Waals surface area contributed by atoms with E-state index in [1.54, 1.807) is 12.1 Å². The first-order valence-corrected chi connectivity index (χ1v) is 9.58. The molecule has 0 spiro atoms. The van der Waals surface area contributed by atoms with Gasteiger partial charge in [0.05, 0.1) is 6.61 Å². The van der Waals surface area contributed by atoms with Crippen molar-refractivity contribution in [1.82, 2.24) is 0 Å². The van der Waals surface area contributed by atoms with Crippen molar-refractivity contribution in [2.75, 3.05) is 6.61 Å². The summed E-state index contributed by atoms with van der Waals surface area (Å²) in [5.74, 6) is -0.0854. The second-order valence-corrected chi connectivity index (χ2v) is 7.50. The molecule has 1 saturated heterocycles. The Morgan fingerprint density at radius 2 is 1.45 bits per heavy atom. The van der Waals surface area contributed by atoms with Crippen molar-refractivity contribution in [3.63, 3.8) is 0 Å². The predicted molar refractivity (Wildman–Crippen MR) is 107 cm³/mol. The average Bonchev–Trinajstić information content (AvgIpc) is 2.96. The summed E-state index contributed by atoms with van der Waals surface area (Å²) in [7, 11) is 0. The Kier molecular flexibility index (Phi) is 5.54. The molecule has 1 unspecified atom stereocenters. The van der Waals surface area contributed by atoms with E-state index in [0.717, 1.165) is 22.3 Å². The molecule has 1 fully saturated rings. The van der Waals surface area contributed by atoms with Crippen molar-refractivity contribution < 1.29 is 30.3 Å². The highest BCUT2D eigenvalue weighted by atomic mass is 16.5. The number of aliphatic hydroxyl groups is 4. The topological polar surface area (TPSA) is 110 Å². The molecule has 152 valence electrons. The van der Waals surface area contributed by atoms with Gasteiger partial charge in [-0.2, -0.15) is 0 Å². The summed E-state index contributed by atoms with van der Waals surface area (Å²) in [6, 6.07) is 19.3. The lowest BCUT2D eigenvalue weighted by Crippen LogP contribution is -2.55. The quantitative estimate of drug-likeness (QED) is 0.458. The fourth-order valence-electron chi connectivity index (χ4n) is 3.92. The average molecular weight is 396 g/mol. The largest absolute Gasteiger partial charge is 0.508 e. The maximum atomic E-state index is 10.4. The van der Waals surface area contributed by atoms with E-state index in [-0.39, 0.29) is 5.75 Å². The number of hydrogen-bond donors (Lipinski definition) is 5. The molecular formula is C23H24O6. The molecular weight excluding hydrogens is 372 g/mol. The Morgan fingerprint density at radius 3 is 2.10 bits per heavy atom. The second-order valence-electron chi connectivity index (χ2n) is 7.50. The van der Waals surface area contributed by atoms with Crippen molar-refractivity contribution in [2.24, 2.45) is 0 Å². The summed E-state index contributed by atoms with van der Waals surface area (Å²) in [6.45, 7) is -0.514. The Labute approximate surface area is 168 Å². The van der Waals surface area contributed by atoms with Crippen LogP contribution in [-0.2, 0) is 11.2 Å². The van der Waals surface area contributed by atoms with Crippen LogP contribution in [0, 0.1) is 0 Å². The molecule has 4 rings (SSSR count). The lowest BCUT2D eigenvalue weighted by molar-refractivity contribution is -0.232. The highest BCUT2D eigenvalue weighted by Gasteiger charge is 2.44. The smallest absolute Gasteiger partial charge is 0.121 e. The van der Waals surface area contributed by atoms with E-state index in [1.807, 2.05) is 18.2 Å². The lowest BCUT2D eigenvalue weighted by atomic mass is 9.89. The van der Waals surface area contributed by atoms with Crippen LogP contribution in [0.5, 0.6) is 5.75 Å². The number of ether oxygens (including phenoxy) is 1. The molecule has 2 aliphatic carbocycles. The third kappa shape index (κ3) is 3.85. The van der Waals surface area contributed by atoms with Gasteiger partial charge in [-0.15, -0.1) is 0 Å². The minimum atomic E-state index is -1.49. The molecule has 1 aromatic rings. The molecule has 0 bridgehead atoms. The first-order chi connectivity index (χ1) is 14.0. The van der Waals surface area contributed by atoms with Crippen molar-refractivity contribution in [2.45, 2.75) is 36.9 Å². The van der Waals surface area contributed by atoms with Crippen LogP contribution in [0.15, 0.2) is 60.7 Å². The van der Waals surface area contributed by atoms with E-state index in [9.17, 15) is 25.5 Å². The van der Waals surface area contributed by atoms with E-state index < -0.39 is 37.1 Å². The van der Waals surface area contributed by atoms with E-state index >= 15 is 0 Å². The fraction of sp³-hybridized carbons (Fsp3) is 0.304. The van der Waals surface area contributed by atoms with Crippen LogP contribution in [0.1, 0.15) is 22.8 Å². The number of hydrogen-bond acceptors (Lipinski definition) is 6. The molecule has 6 heteroatoms. The van der Waals surface area contributed by atoms with Gasteiger partial charge in [0.1, 0.15) is 36.3 Å². The number of aliphatic hydroxyl groups excluding tert-OH is 4. The Morgan fingerprint density at radius 1 is 0.759 bits per heavy atom. The second kappa shape index (κ2) is 8.10. The minimum absolute atomic E-state index is 0.0854. The molecule has 5 atom stereocenters. The van der Waals surface area contributed by atoms with Gasteiger partial charge in [0.15, 0.2) is 0 Å². The SMILES string of the molecule is OC[C@H]1O[C@@H](c2cc(Cc3cc4cccccc-4c3)ccc2O)[C@H](O)C(O)[C@@H]1O. The van der Waals surface area contributed by atoms with Crippen molar-refractivity contribution in [3.05, 3.63) is 77.4 Å². The van der Waals surface area contributed by atoms with Gasteiger partial charge in [0.2, 0.25) is 0 Å². The van der Waals surface area contributed by atoms with Gasteiger partial charge >= 0.3 is 0 Å². The summed E-state index contributed by atoms with van der Waals surface area (Å²) in [4.78, 5) is 0. The van der Waals surface area contributed by atoms with Crippen LogP contribution in [0.4, 0.5) is 0 Å². The Hall–Kier alpha value is -2.48. The molecule has 1 aliphatic heterocycles. The lowest BCUT2D eigenvalue weighted by Gasteiger charge is -2.40. The summed E-state index contributed by atoms with van der Waals surface area (Å²) < 4.78 is 5.59. The number of rotatable bonds is 4. The van der Waals surface area contributed by atoms with Gasteiger partial charge in [-0.25, -0.2) is 0 Å². The molecule has 0 radical (unpaired) electrons. The zero-order chi connectivity index (χ0) is 20.5. The summed E-state index contributed by atoms with van der Waals surface area (Å²) in [5, 5.41) is 50.1. The maximum absolute atomic E-state index is 10.4. The first-order valence-electron chi connectivity index (χ1n) is 9.58. The van der Waals surface area contributed by atoms with Gasteiger partial charge < -0.3 is 30.3 Å². The van der Waals surface area contributed by atoms with Gasteiger partial charge in [0.25, 0.3) is 0 Å². The number of phenols is 1. The third-order valence-electron chi connectivity index (χ3n) is 5.49. The molecule has 0 aromatic heterocycles. The summed E-state index contributed by atoms with van der Waals surface area (Å²) in [6.07, 6.45) is -5.84. The van der Waals surface area contributed by atoms with Gasteiger partial charge in [-0.3, -0.25) is 0 Å². The summed E-state index contributed by atoms with van der Waals surface area (Å²) >= 11 is 0. The van der Waals surface area contributed by atoms with Crippen molar-refractivity contribution in [3.8, 4) is 16.9 Å². The number of aromatic hydroxyl groups is 1. The zero-order valence-corrected chi connectivity index (χ0v) is 15.7. The third-order valence-corrected chi connectivity index (χ3v) is 5.49. The summed E-state index contributed by atoms with van der Waals surface area (Å²) in [5.41, 5.74) is 4.59. The van der Waals surface area contributed by atoms with Crippen LogP contribution >= 0.6 is 0 Å². The van der Waals surface area contributed by atoms with Crippen LogP contribution in [0.25, 0.3) is 11.1 Å². The Bertz CT molecular complexity index is 925.